The molecule has 106 valence electrons. The summed E-state index contributed by atoms with van der Waals surface area (Å²) in [5.74, 6) is 0.117. The van der Waals surface area contributed by atoms with Gasteiger partial charge in [-0.2, -0.15) is 5.10 Å². The molecule has 1 aromatic heterocycles. The minimum absolute atomic E-state index is 0.117. The average molecular weight is 329 g/mol. The predicted octanol–water partition coefficient (Wildman–Crippen LogP) is 1.27. The number of amides is 1. The minimum atomic E-state index is 0.117. The van der Waals surface area contributed by atoms with Gasteiger partial charge in [0.25, 0.3) is 5.91 Å². The van der Waals surface area contributed by atoms with Crippen molar-refractivity contribution >= 4 is 21.8 Å². The van der Waals surface area contributed by atoms with Crippen LogP contribution < -0.4 is 0 Å². The van der Waals surface area contributed by atoms with Crippen molar-refractivity contribution in [2.24, 2.45) is 7.05 Å². The zero-order chi connectivity index (χ0) is 13.8. The van der Waals surface area contributed by atoms with E-state index in [0.29, 0.717) is 0 Å². The van der Waals surface area contributed by atoms with Gasteiger partial charge in [-0.25, -0.2) is 0 Å². The molecule has 19 heavy (non-hydrogen) atoms. The van der Waals surface area contributed by atoms with E-state index in [0.717, 1.165) is 55.7 Å². The van der Waals surface area contributed by atoms with Gasteiger partial charge in [0.2, 0.25) is 0 Å². The number of nitrogens with zero attached hydrogens (tertiary/aromatic N) is 4. The van der Waals surface area contributed by atoms with Gasteiger partial charge >= 0.3 is 0 Å². The highest BCUT2D eigenvalue weighted by molar-refractivity contribution is 9.09. The first kappa shape index (κ1) is 14.5. The Balaban J connectivity index is 2.02. The van der Waals surface area contributed by atoms with Crippen molar-refractivity contribution < 1.29 is 4.79 Å². The van der Waals surface area contributed by atoms with Crippen LogP contribution in [-0.4, -0.2) is 63.5 Å². The molecule has 0 spiro atoms. The summed E-state index contributed by atoms with van der Waals surface area (Å²) in [5.41, 5.74) is 1.55. The van der Waals surface area contributed by atoms with E-state index in [1.807, 2.05) is 25.1 Å². The number of alkyl halides is 1. The van der Waals surface area contributed by atoms with E-state index in [1.165, 1.54) is 0 Å². The Morgan fingerprint density at radius 2 is 2.16 bits per heavy atom. The summed E-state index contributed by atoms with van der Waals surface area (Å²) in [6, 6.07) is 0. The van der Waals surface area contributed by atoms with Gasteiger partial charge in [-0.05, 0) is 19.9 Å². The summed E-state index contributed by atoms with van der Waals surface area (Å²) in [4.78, 5) is 16.9. The molecule has 0 bridgehead atoms. The standard InChI is InChI=1S/C13H21BrN4O/c1-11-12(10-16(2)15-11)13(19)18-6-3-5-17(7-4-14)8-9-18/h10H,3-9H2,1-2H3. The number of carbonyl (C=O) groups is 1. The second-order valence-corrected chi connectivity index (χ2v) is 5.77. The van der Waals surface area contributed by atoms with Crippen LogP contribution in [-0.2, 0) is 7.05 Å². The smallest absolute Gasteiger partial charge is 0.257 e. The molecule has 2 rings (SSSR count). The summed E-state index contributed by atoms with van der Waals surface area (Å²) >= 11 is 3.47. The lowest BCUT2D eigenvalue weighted by Gasteiger charge is -2.21. The summed E-state index contributed by atoms with van der Waals surface area (Å²) in [6.07, 6.45) is 2.86. The Bertz CT molecular complexity index is 446. The average Bonchev–Trinajstić information content (AvgIpc) is 2.59. The Hall–Kier alpha value is -0.880. The molecule has 5 nitrogen and oxygen atoms in total. The Morgan fingerprint density at radius 3 is 2.79 bits per heavy atom. The van der Waals surface area contributed by atoms with Gasteiger partial charge in [0, 0.05) is 44.8 Å². The van der Waals surface area contributed by atoms with Gasteiger partial charge in [-0.1, -0.05) is 15.9 Å². The molecule has 0 N–H and O–H groups in total. The third kappa shape index (κ3) is 3.57. The van der Waals surface area contributed by atoms with Crippen molar-refractivity contribution in [3.63, 3.8) is 0 Å². The summed E-state index contributed by atoms with van der Waals surface area (Å²) in [6.45, 7) is 6.61. The molecule has 1 amide bonds. The molecule has 0 saturated carbocycles. The molecule has 0 aromatic carbocycles. The quantitative estimate of drug-likeness (QED) is 0.785. The molecule has 1 aliphatic rings. The van der Waals surface area contributed by atoms with Crippen molar-refractivity contribution in [3.05, 3.63) is 17.5 Å². The molecule has 6 heteroatoms. The van der Waals surface area contributed by atoms with E-state index in [1.54, 1.807) is 4.68 Å². The van der Waals surface area contributed by atoms with Gasteiger partial charge in [0.15, 0.2) is 0 Å². The first-order valence-corrected chi connectivity index (χ1v) is 7.82. The first-order valence-electron chi connectivity index (χ1n) is 6.69. The van der Waals surface area contributed by atoms with Gasteiger partial charge in [0.1, 0.15) is 0 Å². The molecule has 1 aromatic rings. The highest BCUT2D eigenvalue weighted by atomic mass is 79.9. The maximum absolute atomic E-state index is 12.5. The van der Waals surface area contributed by atoms with Crippen molar-refractivity contribution in [1.82, 2.24) is 19.6 Å². The number of hydrogen-bond donors (Lipinski definition) is 0. The zero-order valence-electron chi connectivity index (χ0n) is 11.6. The monoisotopic (exact) mass is 328 g/mol. The van der Waals surface area contributed by atoms with Crippen LogP contribution in [0.2, 0.25) is 0 Å². The largest absolute Gasteiger partial charge is 0.337 e. The highest BCUT2D eigenvalue weighted by Gasteiger charge is 2.22. The Morgan fingerprint density at radius 1 is 1.37 bits per heavy atom. The van der Waals surface area contributed by atoms with E-state index >= 15 is 0 Å². The maximum atomic E-state index is 12.5. The molecule has 1 fully saturated rings. The van der Waals surface area contributed by atoms with E-state index in [9.17, 15) is 4.79 Å². The normalized spacial score (nSPS) is 17.5. The van der Waals surface area contributed by atoms with Gasteiger partial charge in [-0.3, -0.25) is 9.48 Å². The number of hydrogen-bond acceptors (Lipinski definition) is 3. The van der Waals surface area contributed by atoms with Crippen LogP contribution in [0, 0.1) is 6.92 Å². The van der Waals surface area contributed by atoms with Crippen LogP contribution in [0.5, 0.6) is 0 Å². The number of halogens is 1. The van der Waals surface area contributed by atoms with Crippen LogP contribution >= 0.6 is 15.9 Å². The molecule has 2 heterocycles. The molecular formula is C13H21BrN4O. The molecule has 0 atom stereocenters. The number of rotatable bonds is 3. The predicted molar refractivity (Wildman–Crippen MR) is 78.7 cm³/mol. The molecular weight excluding hydrogens is 308 g/mol. The van der Waals surface area contributed by atoms with E-state index in [2.05, 4.69) is 25.9 Å². The SMILES string of the molecule is Cc1nn(C)cc1C(=O)N1CCCN(CCBr)CC1. The number of aryl methyl sites for hydroxylation is 2. The van der Waals surface area contributed by atoms with Gasteiger partial charge in [-0.15, -0.1) is 0 Å². The van der Waals surface area contributed by atoms with E-state index in [4.69, 9.17) is 0 Å². The molecule has 0 radical (unpaired) electrons. The van der Waals surface area contributed by atoms with E-state index in [-0.39, 0.29) is 5.91 Å². The van der Waals surface area contributed by atoms with Crippen LogP contribution in [0.25, 0.3) is 0 Å². The molecule has 1 aliphatic heterocycles. The molecule has 0 aliphatic carbocycles. The minimum Gasteiger partial charge on any atom is -0.337 e. The fourth-order valence-corrected chi connectivity index (χ4v) is 3.00. The lowest BCUT2D eigenvalue weighted by atomic mass is 10.2. The Kier molecular flexibility index (Phi) is 4.99. The van der Waals surface area contributed by atoms with Crippen molar-refractivity contribution in [2.75, 3.05) is 38.1 Å². The second kappa shape index (κ2) is 6.52. The van der Waals surface area contributed by atoms with Crippen LogP contribution in [0.15, 0.2) is 6.20 Å². The maximum Gasteiger partial charge on any atom is 0.257 e. The Labute approximate surface area is 122 Å². The van der Waals surface area contributed by atoms with E-state index < -0.39 is 0 Å². The fourth-order valence-electron chi connectivity index (χ4n) is 2.50. The molecule has 1 saturated heterocycles. The van der Waals surface area contributed by atoms with Crippen LogP contribution in [0.4, 0.5) is 0 Å². The summed E-state index contributed by atoms with van der Waals surface area (Å²) < 4.78 is 1.71. The van der Waals surface area contributed by atoms with Crippen LogP contribution in [0.3, 0.4) is 0 Å². The number of aromatic nitrogens is 2. The third-order valence-corrected chi connectivity index (χ3v) is 3.87. The zero-order valence-corrected chi connectivity index (χ0v) is 13.2. The van der Waals surface area contributed by atoms with Crippen molar-refractivity contribution in [1.29, 1.82) is 0 Å². The van der Waals surface area contributed by atoms with Crippen molar-refractivity contribution in [2.45, 2.75) is 13.3 Å². The summed E-state index contributed by atoms with van der Waals surface area (Å²) in [7, 11) is 1.85. The lowest BCUT2D eigenvalue weighted by molar-refractivity contribution is 0.0761. The van der Waals surface area contributed by atoms with Gasteiger partial charge < -0.3 is 9.80 Å². The lowest BCUT2D eigenvalue weighted by Crippen LogP contribution is -2.35. The number of carbonyl (C=O) groups excluding carboxylic acids is 1. The highest BCUT2D eigenvalue weighted by Crippen LogP contribution is 2.12. The van der Waals surface area contributed by atoms with Crippen LogP contribution in [0.1, 0.15) is 22.5 Å². The first-order chi connectivity index (χ1) is 9.11. The topological polar surface area (TPSA) is 41.4 Å². The molecule has 0 unspecified atom stereocenters. The second-order valence-electron chi connectivity index (χ2n) is 4.98. The fraction of sp³-hybridized carbons (Fsp3) is 0.692. The summed E-state index contributed by atoms with van der Waals surface area (Å²) in [5, 5.41) is 5.24. The third-order valence-electron chi connectivity index (χ3n) is 3.52. The van der Waals surface area contributed by atoms with Crippen molar-refractivity contribution in [3.8, 4) is 0 Å². The van der Waals surface area contributed by atoms with Gasteiger partial charge in [0.05, 0.1) is 11.3 Å².